The minimum Gasteiger partial charge on any atom is -0.300 e. The summed E-state index contributed by atoms with van der Waals surface area (Å²) in [7, 11) is -3.42. The lowest BCUT2D eigenvalue weighted by atomic mass is 10.2. The second kappa shape index (κ2) is 8.09. The molecule has 0 N–H and O–H groups in total. The number of hydrogen-bond acceptors (Lipinski definition) is 5. The van der Waals surface area contributed by atoms with E-state index in [1.807, 2.05) is 12.1 Å². The molecule has 1 aromatic heterocycles. The SMILES string of the molecule is O=C(CCN1CCN(S(=O)(=O)c2ccccc2)CC1)c1ccc(Br)s1. The van der Waals surface area contributed by atoms with Crippen molar-refractivity contribution in [1.82, 2.24) is 9.21 Å². The molecular formula is C17H19BrN2O3S2. The van der Waals surface area contributed by atoms with Crippen LogP contribution in [0, 0.1) is 0 Å². The quantitative estimate of drug-likeness (QED) is 0.644. The summed E-state index contributed by atoms with van der Waals surface area (Å²) in [5, 5.41) is 0. The van der Waals surface area contributed by atoms with Gasteiger partial charge < -0.3 is 4.90 Å². The molecule has 3 rings (SSSR count). The maximum atomic E-state index is 12.6. The standard InChI is InChI=1S/C17H19BrN2O3S2/c18-17-7-6-16(24-17)15(21)8-9-19-10-12-20(13-11-19)25(22,23)14-4-2-1-3-5-14/h1-7H,8-13H2. The second-order valence-electron chi connectivity index (χ2n) is 5.84. The number of ketones is 1. The number of carbonyl (C=O) groups is 1. The molecule has 25 heavy (non-hydrogen) atoms. The van der Waals surface area contributed by atoms with Crippen LogP contribution in [0.2, 0.25) is 0 Å². The van der Waals surface area contributed by atoms with Crippen LogP contribution in [0.15, 0.2) is 51.1 Å². The lowest BCUT2D eigenvalue weighted by Gasteiger charge is -2.33. The molecule has 1 aromatic carbocycles. The van der Waals surface area contributed by atoms with Gasteiger partial charge >= 0.3 is 0 Å². The van der Waals surface area contributed by atoms with Crippen LogP contribution in [0.4, 0.5) is 0 Å². The van der Waals surface area contributed by atoms with E-state index < -0.39 is 10.0 Å². The van der Waals surface area contributed by atoms with Gasteiger partial charge in [-0.1, -0.05) is 18.2 Å². The van der Waals surface area contributed by atoms with Crippen LogP contribution in [0.5, 0.6) is 0 Å². The summed E-state index contributed by atoms with van der Waals surface area (Å²) in [5.41, 5.74) is 0. The molecule has 0 aliphatic carbocycles. The molecule has 0 saturated carbocycles. The van der Waals surface area contributed by atoms with E-state index in [-0.39, 0.29) is 5.78 Å². The fourth-order valence-electron chi connectivity index (χ4n) is 2.78. The van der Waals surface area contributed by atoms with E-state index in [1.54, 1.807) is 30.3 Å². The van der Waals surface area contributed by atoms with Crippen molar-refractivity contribution >= 4 is 43.1 Å². The number of thiophene rings is 1. The van der Waals surface area contributed by atoms with Crippen LogP contribution in [-0.2, 0) is 10.0 Å². The number of nitrogens with zero attached hydrogens (tertiary/aromatic N) is 2. The van der Waals surface area contributed by atoms with Crippen molar-refractivity contribution in [2.45, 2.75) is 11.3 Å². The third kappa shape index (κ3) is 4.57. The second-order valence-corrected chi connectivity index (χ2v) is 10.2. The predicted octanol–water partition coefficient (Wildman–Crippen LogP) is 3.09. The first-order valence-electron chi connectivity index (χ1n) is 8.03. The number of carbonyl (C=O) groups excluding carboxylic acids is 1. The van der Waals surface area contributed by atoms with E-state index in [4.69, 9.17) is 0 Å². The zero-order valence-corrected chi connectivity index (χ0v) is 16.8. The Morgan fingerprint density at radius 3 is 2.32 bits per heavy atom. The van der Waals surface area contributed by atoms with Crippen LogP contribution < -0.4 is 0 Å². The first-order chi connectivity index (χ1) is 12.0. The largest absolute Gasteiger partial charge is 0.300 e. The third-order valence-corrected chi connectivity index (χ3v) is 7.79. The van der Waals surface area contributed by atoms with Crippen LogP contribution in [-0.4, -0.2) is 56.1 Å². The predicted molar refractivity (Wildman–Crippen MR) is 103 cm³/mol. The summed E-state index contributed by atoms with van der Waals surface area (Å²) in [6.45, 7) is 2.86. The van der Waals surface area contributed by atoms with E-state index >= 15 is 0 Å². The number of sulfonamides is 1. The molecule has 0 atom stereocenters. The van der Waals surface area contributed by atoms with E-state index in [0.29, 0.717) is 44.0 Å². The molecule has 2 heterocycles. The van der Waals surface area contributed by atoms with Gasteiger partial charge in [-0.25, -0.2) is 8.42 Å². The number of rotatable bonds is 6. The van der Waals surface area contributed by atoms with Crippen molar-refractivity contribution in [3.8, 4) is 0 Å². The van der Waals surface area contributed by atoms with Gasteiger partial charge in [0.1, 0.15) is 0 Å². The first kappa shape index (κ1) is 18.7. The minimum atomic E-state index is -3.42. The highest BCUT2D eigenvalue weighted by molar-refractivity contribution is 9.11. The Kier molecular flexibility index (Phi) is 6.06. The van der Waals surface area contributed by atoms with Gasteiger partial charge in [0.25, 0.3) is 0 Å². The maximum Gasteiger partial charge on any atom is 0.243 e. The van der Waals surface area contributed by atoms with Gasteiger partial charge in [-0.2, -0.15) is 4.31 Å². The molecule has 1 aliphatic rings. The summed E-state index contributed by atoms with van der Waals surface area (Å²) in [5.74, 6) is 0.134. The van der Waals surface area contributed by atoms with Gasteiger partial charge in [-0.3, -0.25) is 4.79 Å². The fourth-order valence-corrected chi connectivity index (χ4v) is 5.58. The number of benzene rings is 1. The molecular weight excluding hydrogens is 424 g/mol. The Morgan fingerprint density at radius 1 is 1.04 bits per heavy atom. The Balaban J connectivity index is 1.51. The smallest absolute Gasteiger partial charge is 0.243 e. The third-order valence-electron chi connectivity index (χ3n) is 4.22. The first-order valence-corrected chi connectivity index (χ1v) is 11.1. The molecule has 2 aromatic rings. The molecule has 1 saturated heterocycles. The Morgan fingerprint density at radius 2 is 1.72 bits per heavy atom. The zero-order chi connectivity index (χ0) is 17.9. The van der Waals surface area contributed by atoms with Crippen molar-refractivity contribution < 1.29 is 13.2 Å². The summed E-state index contributed by atoms with van der Waals surface area (Å²) < 4.78 is 27.7. The summed E-state index contributed by atoms with van der Waals surface area (Å²) >= 11 is 4.81. The van der Waals surface area contributed by atoms with Crippen LogP contribution in [0.3, 0.4) is 0 Å². The average Bonchev–Trinajstić information content (AvgIpc) is 3.07. The van der Waals surface area contributed by atoms with Gasteiger partial charge in [0.2, 0.25) is 10.0 Å². The van der Waals surface area contributed by atoms with Gasteiger partial charge in [0, 0.05) is 39.1 Å². The van der Waals surface area contributed by atoms with E-state index in [1.165, 1.54) is 15.6 Å². The number of piperazine rings is 1. The van der Waals surface area contributed by atoms with Crippen molar-refractivity contribution in [3.63, 3.8) is 0 Å². The van der Waals surface area contributed by atoms with Crippen LogP contribution in [0.25, 0.3) is 0 Å². The molecule has 0 radical (unpaired) electrons. The minimum absolute atomic E-state index is 0.134. The van der Waals surface area contributed by atoms with Gasteiger partial charge in [0.15, 0.2) is 5.78 Å². The highest BCUT2D eigenvalue weighted by Gasteiger charge is 2.28. The Labute approximate surface area is 160 Å². The van der Waals surface area contributed by atoms with E-state index in [2.05, 4.69) is 20.8 Å². The van der Waals surface area contributed by atoms with E-state index in [0.717, 1.165) is 8.66 Å². The zero-order valence-electron chi connectivity index (χ0n) is 13.6. The lowest BCUT2D eigenvalue weighted by Crippen LogP contribution is -2.48. The molecule has 1 fully saturated rings. The molecule has 0 bridgehead atoms. The molecule has 8 heteroatoms. The molecule has 0 spiro atoms. The summed E-state index contributed by atoms with van der Waals surface area (Å²) in [6, 6.07) is 12.2. The number of hydrogen-bond donors (Lipinski definition) is 0. The van der Waals surface area contributed by atoms with Gasteiger partial charge in [-0.05, 0) is 40.2 Å². The monoisotopic (exact) mass is 442 g/mol. The highest BCUT2D eigenvalue weighted by atomic mass is 79.9. The Bertz CT molecular complexity index is 829. The normalized spacial score (nSPS) is 16.8. The number of Topliss-reactive ketones (excluding diaryl/α,β-unsaturated/α-hetero) is 1. The van der Waals surface area contributed by atoms with Gasteiger partial charge in [0.05, 0.1) is 13.6 Å². The molecule has 1 aliphatic heterocycles. The van der Waals surface area contributed by atoms with Crippen molar-refractivity contribution in [3.05, 3.63) is 51.1 Å². The molecule has 5 nitrogen and oxygen atoms in total. The number of halogens is 1. The molecule has 134 valence electrons. The van der Waals surface area contributed by atoms with Crippen molar-refractivity contribution in [1.29, 1.82) is 0 Å². The summed E-state index contributed by atoms with van der Waals surface area (Å²) in [4.78, 5) is 15.4. The topological polar surface area (TPSA) is 57.7 Å². The summed E-state index contributed by atoms with van der Waals surface area (Å²) in [6.07, 6.45) is 0.457. The molecule has 0 amide bonds. The van der Waals surface area contributed by atoms with Crippen molar-refractivity contribution in [2.24, 2.45) is 0 Å². The average molecular weight is 443 g/mol. The fraction of sp³-hybridized carbons (Fsp3) is 0.353. The van der Waals surface area contributed by atoms with Gasteiger partial charge in [-0.15, -0.1) is 11.3 Å². The maximum absolute atomic E-state index is 12.6. The highest BCUT2D eigenvalue weighted by Crippen LogP contribution is 2.23. The van der Waals surface area contributed by atoms with Crippen LogP contribution in [0.1, 0.15) is 16.1 Å². The van der Waals surface area contributed by atoms with Crippen molar-refractivity contribution in [2.75, 3.05) is 32.7 Å². The molecule has 0 unspecified atom stereocenters. The Hall–Kier alpha value is -1.06. The van der Waals surface area contributed by atoms with Crippen LogP contribution >= 0.6 is 27.3 Å². The van der Waals surface area contributed by atoms with E-state index in [9.17, 15) is 13.2 Å². The lowest BCUT2D eigenvalue weighted by molar-refractivity contribution is 0.0956.